The molecular formula is C43H49N3O7. The molecule has 3 fully saturated rings. The third-order valence-corrected chi connectivity index (χ3v) is 10.9. The van der Waals surface area contributed by atoms with Crippen molar-refractivity contribution < 1.29 is 33.8 Å². The molecular weight excluding hydrogens is 670 g/mol. The van der Waals surface area contributed by atoms with E-state index < -0.39 is 60.2 Å². The van der Waals surface area contributed by atoms with E-state index in [9.17, 15) is 19.5 Å². The van der Waals surface area contributed by atoms with Gasteiger partial charge in [0.1, 0.15) is 17.7 Å². The molecule has 3 aromatic carbocycles. The van der Waals surface area contributed by atoms with Gasteiger partial charge in [-0.15, -0.1) is 13.2 Å². The number of aliphatic hydroxyl groups excluding tert-OH is 1. The minimum absolute atomic E-state index is 0.0386. The van der Waals surface area contributed by atoms with Crippen molar-refractivity contribution in [1.82, 2.24) is 10.2 Å². The monoisotopic (exact) mass is 719 g/mol. The van der Waals surface area contributed by atoms with Crippen LogP contribution in [0.4, 0.5) is 5.69 Å². The summed E-state index contributed by atoms with van der Waals surface area (Å²) in [7, 11) is 0. The van der Waals surface area contributed by atoms with Gasteiger partial charge >= 0.3 is 5.97 Å². The average Bonchev–Trinajstić information content (AvgIpc) is 3.82. The lowest BCUT2D eigenvalue weighted by Gasteiger charge is -2.40. The first-order valence-electron chi connectivity index (χ1n) is 18.4. The van der Waals surface area contributed by atoms with Gasteiger partial charge in [0, 0.05) is 18.7 Å². The minimum Gasteiger partial charge on any atom is -0.455 e. The Bertz CT molecular complexity index is 1810. The van der Waals surface area contributed by atoms with Crippen LogP contribution in [0.1, 0.15) is 54.0 Å². The molecule has 1 spiro atoms. The van der Waals surface area contributed by atoms with E-state index >= 15 is 4.79 Å². The molecule has 3 aliphatic heterocycles. The van der Waals surface area contributed by atoms with E-state index in [2.05, 4.69) is 18.5 Å². The van der Waals surface area contributed by atoms with E-state index in [1.807, 2.05) is 92.7 Å². The fourth-order valence-electron chi connectivity index (χ4n) is 8.61. The predicted molar refractivity (Wildman–Crippen MR) is 202 cm³/mol. The first-order chi connectivity index (χ1) is 25.6. The summed E-state index contributed by atoms with van der Waals surface area (Å²) in [6.07, 6.45) is 3.72. The van der Waals surface area contributed by atoms with Gasteiger partial charge in [-0.3, -0.25) is 19.2 Å². The second-order valence-electron chi connectivity index (χ2n) is 14.3. The van der Waals surface area contributed by atoms with Crippen molar-refractivity contribution in [3.05, 3.63) is 126 Å². The Balaban J connectivity index is 1.38. The second-order valence-corrected chi connectivity index (χ2v) is 14.3. The van der Waals surface area contributed by atoms with Crippen LogP contribution >= 0.6 is 0 Å². The molecule has 2 N–H and O–H groups in total. The molecule has 53 heavy (non-hydrogen) atoms. The van der Waals surface area contributed by atoms with Crippen LogP contribution in [-0.4, -0.2) is 77.2 Å². The van der Waals surface area contributed by atoms with Gasteiger partial charge in [0.2, 0.25) is 11.8 Å². The zero-order chi connectivity index (χ0) is 37.7. The lowest BCUT2D eigenvalue weighted by Crippen LogP contribution is -2.59. The highest BCUT2D eigenvalue weighted by Crippen LogP contribution is 2.59. The first-order valence-corrected chi connectivity index (χ1v) is 18.4. The van der Waals surface area contributed by atoms with Crippen molar-refractivity contribution in [2.75, 3.05) is 24.6 Å². The number of fused-ring (bicyclic) bond motifs is 1. The molecule has 0 saturated carbocycles. The van der Waals surface area contributed by atoms with Gasteiger partial charge in [-0.25, -0.2) is 0 Å². The number of carbonyl (C=O) groups excluding carboxylic acids is 4. The van der Waals surface area contributed by atoms with Crippen LogP contribution in [-0.2, 0) is 35.1 Å². The molecule has 0 unspecified atom stereocenters. The Labute approximate surface area is 311 Å². The second kappa shape index (κ2) is 16.3. The molecule has 0 radical (unpaired) electrons. The number of rotatable bonds is 16. The third-order valence-electron chi connectivity index (χ3n) is 10.9. The summed E-state index contributed by atoms with van der Waals surface area (Å²) in [6, 6.07) is 22.6. The predicted octanol–water partition coefficient (Wildman–Crippen LogP) is 5.17. The van der Waals surface area contributed by atoms with E-state index in [0.29, 0.717) is 31.2 Å². The molecule has 3 aromatic rings. The summed E-state index contributed by atoms with van der Waals surface area (Å²) in [6.45, 7) is 11.3. The fourth-order valence-corrected chi connectivity index (χ4v) is 8.61. The van der Waals surface area contributed by atoms with E-state index in [0.717, 1.165) is 22.4 Å². The summed E-state index contributed by atoms with van der Waals surface area (Å²) >= 11 is 0. The van der Waals surface area contributed by atoms with Crippen molar-refractivity contribution >= 4 is 29.4 Å². The summed E-state index contributed by atoms with van der Waals surface area (Å²) in [5, 5.41) is 13.8. The summed E-state index contributed by atoms with van der Waals surface area (Å²) < 4.78 is 13.0. The maximum atomic E-state index is 15.2. The molecule has 3 heterocycles. The summed E-state index contributed by atoms with van der Waals surface area (Å²) in [4.78, 5) is 60.3. The number of aryl methyl sites for hydroxylation is 2. The van der Waals surface area contributed by atoms with E-state index in [4.69, 9.17) is 9.47 Å². The Kier molecular flexibility index (Phi) is 11.6. The summed E-state index contributed by atoms with van der Waals surface area (Å²) in [5.41, 5.74) is 2.74. The molecule has 0 aliphatic carbocycles. The minimum atomic E-state index is -1.33. The number of ether oxygens (including phenoxy) is 2. The molecule has 6 rings (SSSR count). The van der Waals surface area contributed by atoms with E-state index in [1.54, 1.807) is 17.1 Å². The SMILES string of the molecule is C=CCCC(=O)NC[C@@H](OC(=O)[C@@H]1[C@H]2C(=O)N([C@@H](CO)Cc3ccccc3)[C@H](C(=O)N(CC=C)c3c(C)cccc3C)[C@]23CC[C@H]1O3)c1ccccc1. The zero-order valence-corrected chi connectivity index (χ0v) is 30.5. The number of hydrogen-bond donors (Lipinski definition) is 2. The molecule has 278 valence electrons. The molecule has 10 heteroatoms. The molecule has 10 nitrogen and oxygen atoms in total. The van der Waals surface area contributed by atoms with E-state index in [-0.39, 0.29) is 31.3 Å². The van der Waals surface area contributed by atoms with Crippen molar-refractivity contribution in [2.45, 2.75) is 75.8 Å². The lowest BCUT2D eigenvalue weighted by atomic mass is 9.70. The number of likely N-dealkylation sites (tertiary alicyclic amines) is 1. The van der Waals surface area contributed by atoms with Crippen LogP contribution in [0.25, 0.3) is 0 Å². The van der Waals surface area contributed by atoms with E-state index in [1.165, 1.54) is 4.90 Å². The number of hydrogen-bond acceptors (Lipinski definition) is 7. The number of allylic oxidation sites excluding steroid dienone is 1. The molecule has 0 aromatic heterocycles. The smallest absolute Gasteiger partial charge is 0.313 e. The number of anilines is 1. The van der Waals surface area contributed by atoms with Crippen LogP contribution in [0.5, 0.6) is 0 Å². The zero-order valence-electron chi connectivity index (χ0n) is 30.5. The number of benzene rings is 3. The highest BCUT2D eigenvalue weighted by atomic mass is 16.6. The molecule has 7 atom stereocenters. The number of aliphatic hydroxyl groups is 1. The fraction of sp³-hybridized carbons (Fsp3) is 0.395. The number of carbonyl (C=O) groups is 4. The first kappa shape index (κ1) is 37.7. The maximum absolute atomic E-state index is 15.2. The number of amides is 3. The Morgan fingerprint density at radius 3 is 2.34 bits per heavy atom. The van der Waals surface area contributed by atoms with Crippen molar-refractivity contribution in [3.63, 3.8) is 0 Å². The number of esters is 1. The molecule has 3 aliphatic rings. The Morgan fingerprint density at radius 2 is 1.70 bits per heavy atom. The van der Waals surface area contributed by atoms with Crippen LogP contribution in [0.3, 0.4) is 0 Å². The standard InChI is InChI=1S/C43H49N3O7/c1-5-7-21-35(48)44-26-34(31-19-12-9-13-20-31)52-42(51)36-33-22-23-43(53-33)37(36)40(49)46(32(27-47)25-30-17-10-8-11-18-30)39(43)41(50)45(24-6-2)38-28(3)15-14-16-29(38)4/h5-6,8-20,32-34,36-37,39,47H,1-2,7,21-27H2,3-4H3,(H,44,48)/t32-,33-,34-,36+,37+,39-,43+/m1/s1. The third kappa shape index (κ3) is 7.30. The van der Waals surface area contributed by atoms with Crippen molar-refractivity contribution in [1.29, 1.82) is 0 Å². The Morgan fingerprint density at radius 1 is 1.02 bits per heavy atom. The topological polar surface area (TPSA) is 125 Å². The Hall–Kier alpha value is -5.06. The highest BCUT2D eigenvalue weighted by Gasteiger charge is 2.75. The molecule has 3 amide bonds. The van der Waals surface area contributed by atoms with Gasteiger partial charge in [-0.2, -0.15) is 0 Å². The van der Waals surface area contributed by atoms with Gasteiger partial charge in [-0.1, -0.05) is 91.0 Å². The number of nitrogens with zero attached hydrogens (tertiary/aromatic N) is 2. The van der Waals surface area contributed by atoms with Crippen LogP contribution in [0.15, 0.2) is 104 Å². The average molecular weight is 720 g/mol. The normalized spacial score (nSPS) is 23.9. The summed E-state index contributed by atoms with van der Waals surface area (Å²) in [5.74, 6) is -3.62. The number of nitrogens with one attached hydrogen (secondary N) is 1. The van der Waals surface area contributed by atoms with Gasteiger partial charge in [0.25, 0.3) is 5.91 Å². The van der Waals surface area contributed by atoms with Gasteiger partial charge < -0.3 is 29.7 Å². The quantitative estimate of drug-likeness (QED) is 0.155. The molecule has 3 saturated heterocycles. The number of para-hydroxylation sites is 1. The van der Waals surface area contributed by atoms with Gasteiger partial charge in [0.05, 0.1) is 37.1 Å². The lowest BCUT2D eigenvalue weighted by molar-refractivity contribution is -0.161. The maximum Gasteiger partial charge on any atom is 0.313 e. The largest absolute Gasteiger partial charge is 0.455 e. The van der Waals surface area contributed by atoms with Crippen molar-refractivity contribution in [2.24, 2.45) is 11.8 Å². The molecule has 2 bridgehead atoms. The van der Waals surface area contributed by atoms with Gasteiger partial charge in [0.15, 0.2) is 0 Å². The van der Waals surface area contributed by atoms with Crippen molar-refractivity contribution in [3.8, 4) is 0 Å². The van der Waals surface area contributed by atoms with Crippen LogP contribution in [0, 0.1) is 25.7 Å². The highest BCUT2D eigenvalue weighted by molar-refractivity contribution is 6.05. The van der Waals surface area contributed by atoms with Crippen LogP contribution < -0.4 is 10.2 Å². The van der Waals surface area contributed by atoms with Crippen LogP contribution in [0.2, 0.25) is 0 Å². The van der Waals surface area contributed by atoms with Gasteiger partial charge in [-0.05, 0) is 61.8 Å².